The van der Waals surface area contributed by atoms with E-state index in [0.717, 1.165) is 0 Å². The Morgan fingerprint density at radius 2 is 1.67 bits per heavy atom. The van der Waals surface area contributed by atoms with E-state index in [0.29, 0.717) is 28.0 Å². The molecule has 0 aliphatic heterocycles. The normalized spacial score (nSPS) is 30.6. The SMILES string of the molecule is COc1ccc2c(c1)C(=O)[C@@]1(C)C(=O)c3ccccc3C(O)[C@@]21C. The second-order valence-corrected chi connectivity index (χ2v) is 6.89. The maximum atomic E-state index is 13.2. The van der Waals surface area contributed by atoms with Gasteiger partial charge in [0.25, 0.3) is 0 Å². The number of aliphatic hydroxyl groups excluding tert-OH is 1. The monoisotopic (exact) mass is 322 g/mol. The van der Waals surface area contributed by atoms with E-state index in [1.54, 1.807) is 49.4 Å². The van der Waals surface area contributed by atoms with Crippen molar-refractivity contribution in [2.24, 2.45) is 5.41 Å². The van der Waals surface area contributed by atoms with Crippen molar-refractivity contribution in [2.45, 2.75) is 25.4 Å². The van der Waals surface area contributed by atoms with Gasteiger partial charge in [0, 0.05) is 16.5 Å². The highest BCUT2D eigenvalue weighted by molar-refractivity contribution is 6.25. The number of Topliss-reactive ketones (excluding diaryl/α,β-unsaturated/α-hetero) is 2. The molecule has 4 rings (SSSR count). The first-order valence-electron chi connectivity index (χ1n) is 7.92. The highest BCUT2D eigenvalue weighted by Gasteiger charge is 2.67. The van der Waals surface area contributed by atoms with Crippen molar-refractivity contribution in [1.29, 1.82) is 0 Å². The summed E-state index contributed by atoms with van der Waals surface area (Å²) in [7, 11) is 1.54. The van der Waals surface area contributed by atoms with Gasteiger partial charge >= 0.3 is 0 Å². The third-order valence-corrected chi connectivity index (χ3v) is 6.02. The van der Waals surface area contributed by atoms with Gasteiger partial charge < -0.3 is 9.84 Å². The molecule has 2 aliphatic carbocycles. The molecule has 1 unspecified atom stereocenters. The molecule has 1 N–H and O–H groups in total. The molecule has 0 amide bonds. The minimum absolute atomic E-state index is 0.230. The van der Waals surface area contributed by atoms with Gasteiger partial charge in [0.15, 0.2) is 11.6 Å². The maximum absolute atomic E-state index is 13.2. The van der Waals surface area contributed by atoms with E-state index in [-0.39, 0.29) is 11.6 Å². The van der Waals surface area contributed by atoms with Crippen LogP contribution in [0.2, 0.25) is 0 Å². The number of fused-ring (bicyclic) bond motifs is 4. The van der Waals surface area contributed by atoms with Crippen molar-refractivity contribution in [2.75, 3.05) is 7.11 Å². The van der Waals surface area contributed by atoms with Crippen LogP contribution < -0.4 is 4.74 Å². The fraction of sp³-hybridized carbons (Fsp3) is 0.300. The summed E-state index contributed by atoms with van der Waals surface area (Å²) in [6.07, 6.45) is -0.935. The molecule has 0 heterocycles. The van der Waals surface area contributed by atoms with E-state index in [9.17, 15) is 14.7 Å². The number of rotatable bonds is 1. The summed E-state index contributed by atoms with van der Waals surface area (Å²) in [5.41, 5.74) is -0.158. The summed E-state index contributed by atoms with van der Waals surface area (Å²) in [5.74, 6) is 0.0796. The van der Waals surface area contributed by atoms with Crippen LogP contribution in [0.15, 0.2) is 42.5 Å². The number of benzene rings is 2. The molecule has 0 fully saturated rings. The summed E-state index contributed by atoms with van der Waals surface area (Å²) in [4.78, 5) is 26.4. The Kier molecular flexibility index (Phi) is 2.86. The summed E-state index contributed by atoms with van der Waals surface area (Å²) in [6, 6.07) is 12.2. The van der Waals surface area contributed by atoms with E-state index in [4.69, 9.17) is 4.74 Å². The Morgan fingerprint density at radius 3 is 2.38 bits per heavy atom. The van der Waals surface area contributed by atoms with Crippen molar-refractivity contribution in [3.05, 3.63) is 64.7 Å². The molecule has 0 spiro atoms. The molecule has 24 heavy (non-hydrogen) atoms. The molecule has 0 aromatic heterocycles. The van der Waals surface area contributed by atoms with Crippen molar-refractivity contribution in [3.63, 3.8) is 0 Å². The lowest BCUT2D eigenvalue weighted by Crippen LogP contribution is -2.54. The number of aliphatic hydroxyl groups is 1. The van der Waals surface area contributed by atoms with Gasteiger partial charge in [-0.25, -0.2) is 0 Å². The average molecular weight is 322 g/mol. The number of methoxy groups -OCH3 is 1. The van der Waals surface area contributed by atoms with Gasteiger partial charge in [-0.15, -0.1) is 0 Å². The van der Waals surface area contributed by atoms with Crippen LogP contribution in [0.3, 0.4) is 0 Å². The van der Waals surface area contributed by atoms with E-state index in [1.165, 1.54) is 7.11 Å². The largest absolute Gasteiger partial charge is 0.497 e. The zero-order valence-corrected chi connectivity index (χ0v) is 13.8. The number of ketones is 2. The number of hydrogen-bond donors (Lipinski definition) is 1. The smallest absolute Gasteiger partial charge is 0.177 e. The Balaban J connectivity index is 2.06. The first kappa shape index (κ1) is 15.1. The molecule has 4 nitrogen and oxygen atoms in total. The predicted molar refractivity (Wildman–Crippen MR) is 88.5 cm³/mol. The summed E-state index contributed by atoms with van der Waals surface area (Å²) < 4.78 is 5.22. The van der Waals surface area contributed by atoms with E-state index < -0.39 is 16.9 Å². The topological polar surface area (TPSA) is 63.6 Å². The third kappa shape index (κ3) is 1.43. The van der Waals surface area contributed by atoms with Gasteiger partial charge in [0.2, 0.25) is 0 Å². The molecule has 2 aliphatic rings. The molecule has 0 saturated heterocycles. The van der Waals surface area contributed by atoms with Crippen LogP contribution in [0.5, 0.6) is 5.75 Å². The highest BCUT2D eigenvalue weighted by atomic mass is 16.5. The molecule has 4 heteroatoms. The van der Waals surface area contributed by atoms with Crippen LogP contribution in [0, 0.1) is 5.41 Å². The first-order valence-corrected chi connectivity index (χ1v) is 7.92. The zero-order chi connectivity index (χ0) is 17.3. The molecule has 3 atom stereocenters. The van der Waals surface area contributed by atoms with Gasteiger partial charge in [-0.1, -0.05) is 37.3 Å². The standard InChI is InChI=1S/C20H18O4/c1-19-15-9-8-11(24-3)10-14(15)18(23)20(19,2)17(22)13-7-5-4-6-12(13)16(19)21/h4-10,16,21H,1-3H3/t16?,19-,20-/m1/s1. The van der Waals surface area contributed by atoms with Crippen LogP contribution in [0.1, 0.15) is 51.8 Å². The molecule has 0 radical (unpaired) electrons. The third-order valence-electron chi connectivity index (χ3n) is 6.02. The van der Waals surface area contributed by atoms with E-state index in [1.807, 2.05) is 6.92 Å². The van der Waals surface area contributed by atoms with E-state index >= 15 is 0 Å². The van der Waals surface area contributed by atoms with Crippen LogP contribution in [-0.2, 0) is 5.41 Å². The van der Waals surface area contributed by atoms with E-state index in [2.05, 4.69) is 0 Å². The number of hydrogen-bond acceptors (Lipinski definition) is 4. The average Bonchev–Trinajstić information content (AvgIpc) is 2.80. The van der Waals surface area contributed by atoms with Gasteiger partial charge in [0.05, 0.1) is 13.2 Å². The van der Waals surface area contributed by atoms with Crippen LogP contribution >= 0.6 is 0 Å². The summed E-state index contributed by atoms with van der Waals surface area (Å²) in [6.45, 7) is 3.46. The van der Waals surface area contributed by atoms with Crippen molar-refractivity contribution in [1.82, 2.24) is 0 Å². The Hall–Kier alpha value is -2.46. The van der Waals surface area contributed by atoms with Crippen LogP contribution in [0.25, 0.3) is 0 Å². The van der Waals surface area contributed by atoms with Crippen molar-refractivity contribution in [3.8, 4) is 5.75 Å². The summed E-state index contributed by atoms with van der Waals surface area (Å²) >= 11 is 0. The van der Waals surface area contributed by atoms with Gasteiger partial charge in [-0.3, -0.25) is 9.59 Å². The quantitative estimate of drug-likeness (QED) is 0.820. The lowest BCUT2D eigenvalue weighted by Gasteiger charge is -2.47. The van der Waals surface area contributed by atoms with Gasteiger partial charge in [-0.2, -0.15) is 0 Å². The maximum Gasteiger partial charge on any atom is 0.177 e. The lowest BCUT2D eigenvalue weighted by atomic mass is 9.54. The van der Waals surface area contributed by atoms with Crippen molar-refractivity contribution >= 4 is 11.6 Å². The van der Waals surface area contributed by atoms with Gasteiger partial charge in [-0.05, 0) is 30.2 Å². The first-order chi connectivity index (χ1) is 11.4. The lowest BCUT2D eigenvalue weighted by molar-refractivity contribution is 0.00932. The molecule has 122 valence electrons. The Labute approximate surface area is 140 Å². The summed E-state index contributed by atoms with van der Waals surface area (Å²) in [5, 5.41) is 11.1. The Morgan fingerprint density at radius 1 is 1.00 bits per heavy atom. The van der Waals surface area contributed by atoms with Crippen molar-refractivity contribution < 1.29 is 19.4 Å². The Bertz CT molecular complexity index is 900. The molecular formula is C20H18O4. The second-order valence-electron chi connectivity index (χ2n) is 6.89. The van der Waals surface area contributed by atoms with Crippen LogP contribution in [-0.4, -0.2) is 23.8 Å². The van der Waals surface area contributed by atoms with Crippen LogP contribution in [0.4, 0.5) is 0 Å². The number of carbonyl (C=O) groups excluding carboxylic acids is 2. The molecular weight excluding hydrogens is 304 g/mol. The highest BCUT2D eigenvalue weighted by Crippen LogP contribution is 2.62. The number of ether oxygens (including phenoxy) is 1. The molecule has 0 bridgehead atoms. The molecule has 2 aromatic rings. The zero-order valence-electron chi connectivity index (χ0n) is 13.8. The minimum atomic E-state index is -1.32. The molecule has 0 saturated carbocycles. The fourth-order valence-corrected chi connectivity index (χ4v) is 4.35. The minimum Gasteiger partial charge on any atom is -0.497 e. The molecule has 2 aromatic carbocycles. The fourth-order valence-electron chi connectivity index (χ4n) is 4.35. The van der Waals surface area contributed by atoms with Gasteiger partial charge in [0.1, 0.15) is 11.2 Å². The predicted octanol–water partition coefficient (Wildman–Crippen LogP) is 3.09. The number of carbonyl (C=O) groups is 2. The second kappa shape index (κ2) is 4.54.